The van der Waals surface area contributed by atoms with Crippen LogP contribution in [0.3, 0.4) is 0 Å². The van der Waals surface area contributed by atoms with Crippen LogP contribution in [0, 0.1) is 0 Å². The summed E-state index contributed by atoms with van der Waals surface area (Å²) in [6.07, 6.45) is 3.73. The molecule has 0 unspecified atom stereocenters. The van der Waals surface area contributed by atoms with Gasteiger partial charge in [-0.1, -0.05) is 18.2 Å². The molecule has 1 aromatic heterocycles. The van der Waals surface area contributed by atoms with Crippen molar-refractivity contribution < 1.29 is 13.2 Å². The molecule has 20 heavy (non-hydrogen) atoms. The summed E-state index contributed by atoms with van der Waals surface area (Å²) in [6, 6.07) is 11.0. The molecule has 0 saturated heterocycles. The molecule has 5 heteroatoms. The van der Waals surface area contributed by atoms with Crippen LogP contribution in [0.25, 0.3) is 0 Å². The number of sulfone groups is 1. The van der Waals surface area contributed by atoms with E-state index in [4.69, 9.17) is 4.74 Å². The van der Waals surface area contributed by atoms with Crippen LogP contribution in [-0.4, -0.2) is 26.3 Å². The lowest BCUT2D eigenvalue weighted by molar-refractivity contribution is 0.414. The molecule has 0 aliphatic heterocycles. The van der Waals surface area contributed by atoms with Crippen molar-refractivity contribution in [3.63, 3.8) is 0 Å². The van der Waals surface area contributed by atoms with Gasteiger partial charge in [-0.2, -0.15) is 0 Å². The topological polar surface area (TPSA) is 56.3 Å². The van der Waals surface area contributed by atoms with Crippen molar-refractivity contribution in [1.29, 1.82) is 0 Å². The summed E-state index contributed by atoms with van der Waals surface area (Å²) in [6.45, 7) is 0. The molecule has 106 valence electrons. The Morgan fingerprint density at radius 2 is 1.85 bits per heavy atom. The van der Waals surface area contributed by atoms with Gasteiger partial charge < -0.3 is 4.74 Å². The lowest BCUT2D eigenvalue weighted by atomic mass is 10.2. The van der Waals surface area contributed by atoms with Crippen molar-refractivity contribution in [2.75, 3.05) is 12.9 Å². The fraction of sp³-hybridized carbons (Fsp3) is 0.267. The first-order chi connectivity index (χ1) is 9.59. The first-order valence-electron chi connectivity index (χ1n) is 6.31. The Morgan fingerprint density at radius 3 is 2.45 bits per heavy atom. The minimum Gasteiger partial charge on any atom is -0.497 e. The molecule has 0 spiro atoms. The van der Waals surface area contributed by atoms with E-state index in [0.29, 0.717) is 6.42 Å². The number of aromatic nitrogens is 1. The van der Waals surface area contributed by atoms with Crippen molar-refractivity contribution in [1.82, 2.24) is 4.98 Å². The van der Waals surface area contributed by atoms with Gasteiger partial charge in [0.1, 0.15) is 5.75 Å². The molecule has 1 heterocycles. The zero-order valence-corrected chi connectivity index (χ0v) is 12.1. The summed E-state index contributed by atoms with van der Waals surface area (Å²) in [5.74, 6) is 0.942. The van der Waals surface area contributed by atoms with Gasteiger partial charge in [0, 0.05) is 12.4 Å². The average Bonchev–Trinajstić information content (AvgIpc) is 2.46. The molecular weight excluding hydrogens is 274 g/mol. The van der Waals surface area contributed by atoms with E-state index in [-0.39, 0.29) is 11.5 Å². The van der Waals surface area contributed by atoms with Crippen LogP contribution in [0.1, 0.15) is 11.1 Å². The Kier molecular flexibility index (Phi) is 4.74. The molecule has 0 aliphatic rings. The Hall–Kier alpha value is -1.88. The standard InChI is InChI=1S/C15H17NO3S/c1-19-15-6-4-13(5-7-15)8-10-20(17,18)12-14-3-2-9-16-11-14/h2-7,9,11H,8,10,12H2,1H3. The summed E-state index contributed by atoms with van der Waals surface area (Å²) in [7, 11) is -1.52. The van der Waals surface area contributed by atoms with Gasteiger partial charge in [-0.05, 0) is 35.7 Å². The highest BCUT2D eigenvalue weighted by Gasteiger charge is 2.12. The van der Waals surface area contributed by atoms with E-state index in [1.54, 1.807) is 31.6 Å². The van der Waals surface area contributed by atoms with Crippen LogP contribution in [-0.2, 0) is 22.0 Å². The molecule has 0 bridgehead atoms. The van der Waals surface area contributed by atoms with E-state index in [2.05, 4.69) is 4.98 Å². The van der Waals surface area contributed by atoms with Crippen LogP contribution in [0.15, 0.2) is 48.8 Å². The quantitative estimate of drug-likeness (QED) is 0.819. The lowest BCUT2D eigenvalue weighted by Crippen LogP contribution is -2.11. The van der Waals surface area contributed by atoms with E-state index in [0.717, 1.165) is 16.9 Å². The second-order valence-corrected chi connectivity index (χ2v) is 6.74. The Labute approximate surface area is 119 Å². The zero-order chi connectivity index (χ0) is 14.4. The molecule has 0 radical (unpaired) electrons. The third-order valence-corrected chi connectivity index (χ3v) is 4.57. The molecule has 1 aromatic carbocycles. The first-order valence-corrected chi connectivity index (χ1v) is 8.13. The number of methoxy groups -OCH3 is 1. The summed E-state index contributed by atoms with van der Waals surface area (Å²) in [5.41, 5.74) is 1.71. The maximum Gasteiger partial charge on any atom is 0.154 e. The second-order valence-electron chi connectivity index (χ2n) is 4.55. The predicted octanol–water partition coefficient (Wildman–Crippen LogP) is 2.25. The zero-order valence-electron chi connectivity index (χ0n) is 11.3. The molecule has 0 fully saturated rings. The number of aryl methyl sites for hydroxylation is 1. The molecule has 2 rings (SSSR count). The van der Waals surface area contributed by atoms with Gasteiger partial charge in [0.25, 0.3) is 0 Å². The summed E-state index contributed by atoms with van der Waals surface area (Å²) in [5, 5.41) is 0. The van der Waals surface area contributed by atoms with Crippen LogP contribution >= 0.6 is 0 Å². The largest absolute Gasteiger partial charge is 0.497 e. The third kappa shape index (κ3) is 4.35. The van der Waals surface area contributed by atoms with E-state index in [1.165, 1.54) is 0 Å². The maximum absolute atomic E-state index is 12.0. The van der Waals surface area contributed by atoms with E-state index < -0.39 is 9.84 Å². The monoisotopic (exact) mass is 291 g/mol. The highest BCUT2D eigenvalue weighted by atomic mass is 32.2. The SMILES string of the molecule is COc1ccc(CCS(=O)(=O)Cc2cccnc2)cc1. The number of pyridine rings is 1. The second kappa shape index (κ2) is 6.52. The number of hydrogen-bond acceptors (Lipinski definition) is 4. The molecule has 0 aliphatic carbocycles. The minimum absolute atomic E-state index is 0.0387. The van der Waals surface area contributed by atoms with Crippen LogP contribution in [0.4, 0.5) is 0 Å². The lowest BCUT2D eigenvalue weighted by Gasteiger charge is -2.05. The highest BCUT2D eigenvalue weighted by Crippen LogP contribution is 2.13. The van der Waals surface area contributed by atoms with Gasteiger partial charge in [-0.25, -0.2) is 8.42 Å². The number of benzene rings is 1. The van der Waals surface area contributed by atoms with Gasteiger partial charge >= 0.3 is 0 Å². The first kappa shape index (κ1) is 14.5. The van der Waals surface area contributed by atoms with Gasteiger partial charge in [-0.3, -0.25) is 4.98 Å². The van der Waals surface area contributed by atoms with Crippen molar-refractivity contribution in [3.8, 4) is 5.75 Å². The molecule has 0 atom stereocenters. The summed E-state index contributed by atoms with van der Waals surface area (Å²) < 4.78 is 29.2. The van der Waals surface area contributed by atoms with Crippen LogP contribution < -0.4 is 4.74 Å². The predicted molar refractivity (Wildman–Crippen MR) is 78.4 cm³/mol. The number of rotatable bonds is 6. The number of nitrogens with zero attached hydrogens (tertiary/aromatic N) is 1. The van der Waals surface area contributed by atoms with E-state index in [1.807, 2.05) is 24.3 Å². The Bertz CT molecular complexity index is 637. The molecule has 0 saturated carbocycles. The third-order valence-electron chi connectivity index (χ3n) is 2.97. The van der Waals surface area contributed by atoms with E-state index >= 15 is 0 Å². The van der Waals surface area contributed by atoms with Crippen LogP contribution in [0.5, 0.6) is 5.75 Å². The fourth-order valence-electron chi connectivity index (χ4n) is 1.88. The fourth-order valence-corrected chi connectivity index (χ4v) is 3.24. The molecule has 0 amide bonds. The summed E-state index contributed by atoms with van der Waals surface area (Å²) >= 11 is 0. The Balaban J connectivity index is 1.95. The van der Waals surface area contributed by atoms with Gasteiger partial charge in [-0.15, -0.1) is 0 Å². The number of hydrogen-bond donors (Lipinski definition) is 0. The summed E-state index contributed by atoms with van der Waals surface area (Å²) in [4.78, 5) is 3.93. The van der Waals surface area contributed by atoms with Crippen molar-refractivity contribution in [2.24, 2.45) is 0 Å². The van der Waals surface area contributed by atoms with Crippen molar-refractivity contribution >= 4 is 9.84 Å². The normalized spacial score (nSPS) is 11.2. The van der Waals surface area contributed by atoms with Gasteiger partial charge in [0.15, 0.2) is 9.84 Å². The van der Waals surface area contributed by atoms with Gasteiger partial charge in [0.05, 0.1) is 18.6 Å². The molecule has 2 aromatic rings. The molecule has 0 N–H and O–H groups in total. The molecule has 4 nitrogen and oxygen atoms in total. The maximum atomic E-state index is 12.0. The number of ether oxygens (including phenoxy) is 1. The van der Waals surface area contributed by atoms with Gasteiger partial charge in [0.2, 0.25) is 0 Å². The smallest absolute Gasteiger partial charge is 0.154 e. The van der Waals surface area contributed by atoms with Crippen molar-refractivity contribution in [3.05, 3.63) is 59.9 Å². The van der Waals surface area contributed by atoms with Crippen molar-refractivity contribution in [2.45, 2.75) is 12.2 Å². The molecular formula is C15H17NO3S. The average molecular weight is 291 g/mol. The highest BCUT2D eigenvalue weighted by molar-refractivity contribution is 7.90. The Morgan fingerprint density at radius 1 is 1.10 bits per heavy atom. The van der Waals surface area contributed by atoms with Crippen LogP contribution in [0.2, 0.25) is 0 Å². The van der Waals surface area contributed by atoms with E-state index in [9.17, 15) is 8.42 Å². The minimum atomic E-state index is -3.12.